The number of nitrogens with one attached hydrogen (secondary N) is 1. The fourth-order valence-electron chi connectivity index (χ4n) is 2.66. The number of rotatable bonds is 5. The van der Waals surface area contributed by atoms with E-state index in [4.69, 9.17) is 4.42 Å². The predicted molar refractivity (Wildman–Crippen MR) is 81.6 cm³/mol. The normalized spacial score (nSPS) is 22.3. The van der Waals surface area contributed by atoms with Crippen molar-refractivity contribution < 1.29 is 12.8 Å². The van der Waals surface area contributed by atoms with E-state index < -0.39 is 10.0 Å². The maximum absolute atomic E-state index is 12.7. The molecule has 1 aromatic rings. The maximum Gasteiger partial charge on any atom is 0.276 e. The topological polar surface area (TPSA) is 65.8 Å². The number of furan rings is 1. The molecule has 0 aromatic carbocycles. The van der Waals surface area contributed by atoms with E-state index in [1.165, 1.54) is 0 Å². The van der Waals surface area contributed by atoms with E-state index in [9.17, 15) is 8.42 Å². The van der Waals surface area contributed by atoms with Crippen molar-refractivity contribution in [1.29, 1.82) is 0 Å². The second-order valence-corrected chi connectivity index (χ2v) is 7.40. The van der Waals surface area contributed by atoms with Gasteiger partial charge in [-0.15, -0.1) is 0 Å². The first-order chi connectivity index (χ1) is 9.95. The summed E-state index contributed by atoms with van der Waals surface area (Å²) in [6.07, 6.45) is 0.838. The monoisotopic (exact) mass is 315 g/mol. The van der Waals surface area contributed by atoms with E-state index in [2.05, 4.69) is 10.2 Å². The van der Waals surface area contributed by atoms with Crippen LogP contribution in [0.4, 0.5) is 0 Å². The average molecular weight is 315 g/mol. The van der Waals surface area contributed by atoms with Crippen LogP contribution >= 0.6 is 0 Å². The van der Waals surface area contributed by atoms with Crippen LogP contribution in [0.5, 0.6) is 0 Å². The van der Waals surface area contributed by atoms with E-state index in [1.807, 2.05) is 20.9 Å². The van der Waals surface area contributed by atoms with Crippen LogP contribution in [0, 0.1) is 0 Å². The SMILES string of the molecule is CCNCc1ccc(S(=O)(=O)N2CCCN(C)CC2C)o1. The van der Waals surface area contributed by atoms with Gasteiger partial charge in [0.15, 0.2) is 0 Å². The fraction of sp³-hybridized carbons (Fsp3) is 0.714. The second kappa shape index (κ2) is 6.91. The molecule has 0 amide bonds. The molecule has 1 aliphatic heterocycles. The van der Waals surface area contributed by atoms with Crippen LogP contribution in [0.3, 0.4) is 0 Å². The molecule has 1 saturated heterocycles. The second-order valence-electron chi connectivity index (χ2n) is 5.58. The quantitative estimate of drug-likeness (QED) is 0.881. The molecule has 1 unspecified atom stereocenters. The number of likely N-dealkylation sites (N-methyl/N-ethyl adjacent to an activating group) is 1. The molecule has 1 aromatic heterocycles. The molecule has 1 N–H and O–H groups in total. The van der Waals surface area contributed by atoms with Crippen LogP contribution in [0.25, 0.3) is 0 Å². The smallest absolute Gasteiger partial charge is 0.276 e. The molecule has 21 heavy (non-hydrogen) atoms. The number of sulfonamides is 1. The summed E-state index contributed by atoms with van der Waals surface area (Å²) >= 11 is 0. The van der Waals surface area contributed by atoms with Crippen molar-refractivity contribution in [2.45, 2.75) is 37.9 Å². The summed E-state index contributed by atoms with van der Waals surface area (Å²) in [5.41, 5.74) is 0. The van der Waals surface area contributed by atoms with Crippen molar-refractivity contribution in [2.24, 2.45) is 0 Å². The van der Waals surface area contributed by atoms with Gasteiger partial charge in [-0.2, -0.15) is 4.31 Å². The summed E-state index contributed by atoms with van der Waals surface area (Å²) in [6, 6.07) is 3.23. The molecule has 0 bridgehead atoms. The zero-order valence-corrected chi connectivity index (χ0v) is 13.8. The molecule has 7 heteroatoms. The summed E-state index contributed by atoms with van der Waals surface area (Å²) < 4.78 is 32.6. The lowest BCUT2D eigenvalue weighted by Crippen LogP contribution is -2.41. The average Bonchev–Trinajstić information content (AvgIpc) is 2.83. The van der Waals surface area contributed by atoms with Crippen LogP contribution in [-0.4, -0.2) is 56.9 Å². The van der Waals surface area contributed by atoms with Gasteiger partial charge in [0.25, 0.3) is 10.0 Å². The van der Waals surface area contributed by atoms with Crippen LogP contribution in [0.1, 0.15) is 26.0 Å². The van der Waals surface area contributed by atoms with Crippen LogP contribution in [-0.2, 0) is 16.6 Å². The third kappa shape index (κ3) is 3.85. The molecular formula is C14H25N3O3S. The first kappa shape index (κ1) is 16.5. The van der Waals surface area contributed by atoms with Crippen LogP contribution in [0.15, 0.2) is 21.6 Å². The fourth-order valence-corrected chi connectivity index (χ4v) is 4.26. The van der Waals surface area contributed by atoms with E-state index in [0.29, 0.717) is 18.8 Å². The number of nitrogens with zero attached hydrogens (tertiary/aromatic N) is 2. The first-order valence-corrected chi connectivity index (χ1v) is 8.89. The van der Waals surface area contributed by atoms with E-state index >= 15 is 0 Å². The van der Waals surface area contributed by atoms with Gasteiger partial charge in [-0.25, -0.2) is 8.42 Å². The summed E-state index contributed by atoms with van der Waals surface area (Å²) in [6.45, 7) is 7.50. The van der Waals surface area contributed by atoms with Gasteiger partial charge in [-0.3, -0.25) is 0 Å². The molecule has 1 atom stereocenters. The lowest BCUT2D eigenvalue weighted by atomic mass is 10.3. The van der Waals surface area contributed by atoms with Gasteiger partial charge in [0, 0.05) is 19.1 Å². The van der Waals surface area contributed by atoms with Crippen molar-refractivity contribution >= 4 is 10.0 Å². The maximum atomic E-state index is 12.7. The van der Waals surface area contributed by atoms with Gasteiger partial charge in [0.2, 0.25) is 5.09 Å². The molecule has 120 valence electrons. The molecule has 0 spiro atoms. The Morgan fingerprint density at radius 2 is 2.14 bits per heavy atom. The van der Waals surface area contributed by atoms with Gasteiger partial charge >= 0.3 is 0 Å². The summed E-state index contributed by atoms with van der Waals surface area (Å²) in [7, 11) is -1.53. The number of hydrogen-bond donors (Lipinski definition) is 1. The minimum absolute atomic E-state index is 0.0480. The molecule has 0 saturated carbocycles. The lowest BCUT2D eigenvalue weighted by molar-refractivity contribution is 0.284. The third-order valence-electron chi connectivity index (χ3n) is 3.74. The Morgan fingerprint density at radius 1 is 1.38 bits per heavy atom. The molecule has 1 aliphatic rings. The standard InChI is InChI=1S/C14H25N3O3S/c1-4-15-10-13-6-7-14(20-13)21(18,19)17-9-5-8-16(3)11-12(17)2/h6-7,12,15H,4-5,8-11H2,1-3H3. The summed E-state index contributed by atoms with van der Waals surface area (Å²) in [5, 5.41) is 3.17. The molecule has 2 heterocycles. The van der Waals surface area contributed by atoms with E-state index in [0.717, 1.165) is 26.1 Å². The van der Waals surface area contributed by atoms with Crippen molar-refractivity contribution in [3.8, 4) is 0 Å². The van der Waals surface area contributed by atoms with Gasteiger partial charge in [0.05, 0.1) is 6.54 Å². The highest BCUT2D eigenvalue weighted by Gasteiger charge is 2.33. The van der Waals surface area contributed by atoms with Gasteiger partial charge in [0.1, 0.15) is 5.76 Å². The molecule has 0 radical (unpaired) electrons. The summed E-state index contributed by atoms with van der Waals surface area (Å²) in [4.78, 5) is 2.17. The lowest BCUT2D eigenvalue weighted by Gasteiger charge is -2.26. The van der Waals surface area contributed by atoms with Crippen molar-refractivity contribution in [1.82, 2.24) is 14.5 Å². The zero-order chi connectivity index (χ0) is 15.5. The Labute approximate surface area is 127 Å². The van der Waals surface area contributed by atoms with E-state index in [1.54, 1.807) is 16.4 Å². The van der Waals surface area contributed by atoms with Crippen LogP contribution in [0.2, 0.25) is 0 Å². The van der Waals surface area contributed by atoms with Crippen molar-refractivity contribution in [2.75, 3.05) is 33.2 Å². The zero-order valence-electron chi connectivity index (χ0n) is 13.0. The Kier molecular flexibility index (Phi) is 5.43. The minimum atomic E-state index is -3.55. The summed E-state index contributed by atoms with van der Waals surface area (Å²) in [5.74, 6) is 0.648. The Balaban J connectivity index is 2.18. The highest BCUT2D eigenvalue weighted by Crippen LogP contribution is 2.23. The van der Waals surface area contributed by atoms with Crippen molar-refractivity contribution in [3.05, 3.63) is 17.9 Å². The predicted octanol–water partition coefficient (Wildman–Crippen LogP) is 1.10. The van der Waals surface area contributed by atoms with Gasteiger partial charge in [-0.1, -0.05) is 6.92 Å². The molecule has 0 aliphatic carbocycles. The Morgan fingerprint density at radius 3 is 2.86 bits per heavy atom. The van der Waals surface area contributed by atoms with Crippen LogP contribution < -0.4 is 5.32 Å². The van der Waals surface area contributed by atoms with Gasteiger partial charge < -0.3 is 14.6 Å². The highest BCUT2D eigenvalue weighted by molar-refractivity contribution is 7.89. The van der Waals surface area contributed by atoms with Crippen molar-refractivity contribution in [3.63, 3.8) is 0 Å². The minimum Gasteiger partial charge on any atom is -0.447 e. The molecule has 2 rings (SSSR count). The molecule has 6 nitrogen and oxygen atoms in total. The third-order valence-corrected chi connectivity index (χ3v) is 5.62. The molecular weight excluding hydrogens is 290 g/mol. The Hall–Kier alpha value is -0.890. The van der Waals surface area contributed by atoms with Gasteiger partial charge in [-0.05, 0) is 45.6 Å². The van der Waals surface area contributed by atoms with E-state index in [-0.39, 0.29) is 11.1 Å². The first-order valence-electron chi connectivity index (χ1n) is 7.45. The highest BCUT2D eigenvalue weighted by atomic mass is 32.2. The molecule has 1 fully saturated rings. The Bertz CT molecular complexity index is 556. The number of hydrogen-bond acceptors (Lipinski definition) is 5. The largest absolute Gasteiger partial charge is 0.447 e.